The zero-order valence-electron chi connectivity index (χ0n) is 12.9. The van der Waals surface area contributed by atoms with Crippen LogP contribution in [0.2, 0.25) is 0 Å². The number of amides is 1. The minimum atomic E-state index is -0.710. The Morgan fingerprint density at radius 3 is 2.50 bits per heavy atom. The third-order valence-electron chi connectivity index (χ3n) is 3.27. The Labute approximate surface area is 137 Å². The van der Waals surface area contributed by atoms with E-state index in [0.29, 0.717) is 5.56 Å². The Kier molecular flexibility index (Phi) is 5.20. The zero-order chi connectivity index (χ0) is 17.7. The van der Waals surface area contributed by atoms with Crippen LogP contribution in [-0.4, -0.2) is 26.7 Å². The van der Waals surface area contributed by atoms with Crippen LogP contribution in [0, 0.1) is 17.0 Å². The Hall–Kier alpha value is -3.29. The van der Waals surface area contributed by atoms with Gasteiger partial charge in [-0.25, -0.2) is 4.98 Å². The maximum absolute atomic E-state index is 12.0. The first kappa shape index (κ1) is 17.1. The van der Waals surface area contributed by atoms with Crippen LogP contribution < -0.4 is 5.32 Å². The molecule has 124 valence electrons. The molecule has 2 N–H and O–H groups in total. The largest absolute Gasteiger partial charge is 0.504 e. The summed E-state index contributed by atoms with van der Waals surface area (Å²) in [5.41, 5.74) is 1.16. The van der Waals surface area contributed by atoms with Crippen molar-refractivity contribution in [2.24, 2.45) is 0 Å². The van der Waals surface area contributed by atoms with Crippen molar-refractivity contribution in [1.29, 1.82) is 0 Å². The number of benzene rings is 1. The molecule has 8 heteroatoms. The summed E-state index contributed by atoms with van der Waals surface area (Å²) in [7, 11) is 0. The van der Waals surface area contributed by atoms with Gasteiger partial charge in [-0.2, -0.15) is 0 Å². The SMILES string of the molecule is Cc1ccc(C(=O)CCC(=O)Nc2ncc([N+](=O)[O-])cc2O)cc1. The first-order chi connectivity index (χ1) is 11.4. The summed E-state index contributed by atoms with van der Waals surface area (Å²) in [6.07, 6.45) is 0.834. The molecular weight excluding hydrogens is 314 g/mol. The molecule has 1 heterocycles. The number of Topliss-reactive ketones (excluding diaryl/α,β-unsaturated/α-hetero) is 1. The minimum Gasteiger partial charge on any atom is -0.504 e. The molecule has 1 aromatic heterocycles. The normalized spacial score (nSPS) is 10.2. The average molecular weight is 329 g/mol. The number of pyridine rings is 1. The molecule has 0 fully saturated rings. The number of nitro groups is 1. The number of nitrogens with one attached hydrogen (secondary N) is 1. The van der Waals surface area contributed by atoms with Crippen LogP contribution in [0.15, 0.2) is 36.5 Å². The second kappa shape index (κ2) is 7.32. The van der Waals surface area contributed by atoms with Gasteiger partial charge in [-0.1, -0.05) is 29.8 Å². The van der Waals surface area contributed by atoms with Gasteiger partial charge in [0.15, 0.2) is 17.4 Å². The summed E-state index contributed by atoms with van der Waals surface area (Å²) in [5, 5.41) is 22.5. The van der Waals surface area contributed by atoms with Gasteiger partial charge in [0.25, 0.3) is 5.69 Å². The average Bonchev–Trinajstić information content (AvgIpc) is 2.55. The molecule has 0 aliphatic heterocycles. The second-order valence-corrected chi connectivity index (χ2v) is 5.16. The first-order valence-corrected chi connectivity index (χ1v) is 7.10. The Bertz CT molecular complexity index is 787. The first-order valence-electron chi connectivity index (χ1n) is 7.10. The smallest absolute Gasteiger partial charge is 0.291 e. The number of hydrogen-bond acceptors (Lipinski definition) is 6. The lowest BCUT2D eigenvalue weighted by molar-refractivity contribution is -0.385. The predicted octanol–water partition coefficient (Wildman–Crippen LogP) is 2.61. The number of anilines is 1. The molecule has 0 saturated heterocycles. The lowest BCUT2D eigenvalue weighted by atomic mass is 10.1. The van der Waals surface area contributed by atoms with E-state index >= 15 is 0 Å². The summed E-state index contributed by atoms with van der Waals surface area (Å²) >= 11 is 0. The van der Waals surface area contributed by atoms with Gasteiger partial charge in [0.1, 0.15) is 6.20 Å². The van der Waals surface area contributed by atoms with Crippen LogP contribution in [-0.2, 0) is 4.79 Å². The van der Waals surface area contributed by atoms with E-state index in [1.165, 1.54) is 0 Å². The lowest BCUT2D eigenvalue weighted by Crippen LogP contribution is -2.14. The van der Waals surface area contributed by atoms with Crippen LogP contribution in [0.25, 0.3) is 0 Å². The number of carbonyl (C=O) groups is 2. The zero-order valence-corrected chi connectivity index (χ0v) is 12.9. The van der Waals surface area contributed by atoms with E-state index in [-0.39, 0.29) is 30.1 Å². The molecule has 2 aromatic rings. The van der Waals surface area contributed by atoms with Crippen LogP contribution >= 0.6 is 0 Å². The van der Waals surface area contributed by atoms with Crippen molar-refractivity contribution in [3.63, 3.8) is 0 Å². The van der Waals surface area contributed by atoms with Crippen LogP contribution in [0.3, 0.4) is 0 Å². The van der Waals surface area contributed by atoms with E-state index in [2.05, 4.69) is 10.3 Å². The standard InChI is InChI=1S/C16H15N3O5/c1-10-2-4-11(5-3-10)13(20)6-7-15(22)18-16-14(21)8-12(9-17-16)19(23)24/h2-5,8-9,21H,6-7H2,1H3,(H,17,18,22). The van der Waals surface area contributed by atoms with Gasteiger partial charge in [-0.3, -0.25) is 19.7 Å². The number of carbonyl (C=O) groups excluding carboxylic acids is 2. The highest BCUT2D eigenvalue weighted by molar-refractivity contribution is 6.00. The van der Waals surface area contributed by atoms with Crippen molar-refractivity contribution in [2.45, 2.75) is 19.8 Å². The molecule has 1 aromatic carbocycles. The van der Waals surface area contributed by atoms with E-state index < -0.39 is 16.6 Å². The van der Waals surface area contributed by atoms with Crippen LogP contribution in [0.4, 0.5) is 11.5 Å². The lowest BCUT2D eigenvalue weighted by Gasteiger charge is -2.06. The Balaban J connectivity index is 1.92. The number of ketones is 1. The van der Waals surface area contributed by atoms with Gasteiger partial charge >= 0.3 is 0 Å². The molecular formula is C16H15N3O5. The van der Waals surface area contributed by atoms with Gasteiger partial charge in [0.05, 0.1) is 11.0 Å². The fraction of sp³-hybridized carbons (Fsp3) is 0.188. The molecule has 0 spiro atoms. The monoisotopic (exact) mass is 329 g/mol. The Morgan fingerprint density at radius 2 is 1.92 bits per heavy atom. The van der Waals surface area contributed by atoms with E-state index in [9.17, 15) is 24.8 Å². The topological polar surface area (TPSA) is 122 Å². The third-order valence-corrected chi connectivity index (χ3v) is 3.27. The highest BCUT2D eigenvalue weighted by Gasteiger charge is 2.15. The minimum absolute atomic E-state index is 0.00262. The summed E-state index contributed by atoms with van der Waals surface area (Å²) in [6, 6.07) is 7.90. The van der Waals surface area contributed by atoms with E-state index in [1.807, 2.05) is 19.1 Å². The van der Waals surface area contributed by atoms with Crippen LogP contribution in [0.5, 0.6) is 5.75 Å². The van der Waals surface area contributed by atoms with Gasteiger partial charge < -0.3 is 10.4 Å². The second-order valence-electron chi connectivity index (χ2n) is 5.16. The predicted molar refractivity (Wildman–Crippen MR) is 85.9 cm³/mol. The molecule has 8 nitrogen and oxygen atoms in total. The van der Waals surface area contributed by atoms with Crippen molar-refractivity contribution < 1.29 is 19.6 Å². The van der Waals surface area contributed by atoms with Crippen molar-refractivity contribution in [3.05, 3.63) is 57.8 Å². The van der Waals surface area contributed by atoms with E-state index in [0.717, 1.165) is 17.8 Å². The summed E-state index contributed by atoms with van der Waals surface area (Å²) in [4.78, 5) is 37.3. The molecule has 0 radical (unpaired) electrons. The van der Waals surface area contributed by atoms with Crippen molar-refractivity contribution in [3.8, 4) is 5.75 Å². The molecule has 0 atom stereocenters. The number of rotatable bonds is 6. The molecule has 0 unspecified atom stereocenters. The van der Waals surface area contributed by atoms with E-state index in [4.69, 9.17) is 0 Å². The highest BCUT2D eigenvalue weighted by atomic mass is 16.6. The summed E-state index contributed by atoms with van der Waals surface area (Å²) in [5.74, 6) is -1.39. The number of aryl methyl sites for hydroxylation is 1. The van der Waals surface area contributed by atoms with Crippen molar-refractivity contribution in [2.75, 3.05) is 5.32 Å². The van der Waals surface area contributed by atoms with Gasteiger partial charge in [-0.15, -0.1) is 0 Å². The van der Waals surface area contributed by atoms with Crippen LogP contribution in [0.1, 0.15) is 28.8 Å². The molecule has 24 heavy (non-hydrogen) atoms. The summed E-state index contributed by atoms with van der Waals surface area (Å²) in [6.45, 7) is 1.91. The number of aromatic nitrogens is 1. The molecule has 0 saturated carbocycles. The van der Waals surface area contributed by atoms with Gasteiger partial charge in [-0.05, 0) is 6.92 Å². The number of nitrogens with zero attached hydrogens (tertiary/aromatic N) is 2. The molecule has 0 bridgehead atoms. The molecule has 0 aliphatic rings. The number of aromatic hydroxyl groups is 1. The summed E-state index contributed by atoms with van der Waals surface area (Å²) < 4.78 is 0. The fourth-order valence-corrected chi connectivity index (χ4v) is 1.94. The Morgan fingerprint density at radius 1 is 1.25 bits per heavy atom. The molecule has 0 aliphatic carbocycles. The molecule has 2 rings (SSSR count). The van der Waals surface area contributed by atoms with Gasteiger partial charge in [0, 0.05) is 18.4 Å². The fourth-order valence-electron chi connectivity index (χ4n) is 1.94. The molecule has 1 amide bonds. The number of hydrogen-bond donors (Lipinski definition) is 2. The van der Waals surface area contributed by atoms with Gasteiger partial charge in [0.2, 0.25) is 5.91 Å². The van der Waals surface area contributed by atoms with Crippen molar-refractivity contribution >= 4 is 23.2 Å². The third kappa shape index (κ3) is 4.35. The maximum atomic E-state index is 12.0. The quantitative estimate of drug-likeness (QED) is 0.477. The van der Waals surface area contributed by atoms with E-state index in [1.54, 1.807) is 12.1 Å². The van der Waals surface area contributed by atoms with Crippen molar-refractivity contribution in [1.82, 2.24) is 4.98 Å². The highest BCUT2D eigenvalue weighted by Crippen LogP contribution is 2.25. The maximum Gasteiger partial charge on any atom is 0.291 e.